The summed E-state index contributed by atoms with van der Waals surface area (Å²) in [5, 5.41) is 12.2. The lowest BCUT2D eigenvalue weighted by atomic mass is 10.2. The van der Waals surface area contributed by atoms with Gasteiger partial charge >= 0.3 is 0 Å². The Kier molecular flexibility index (Phi) is 3.58. The van der Waals surface area contributed by atoms with E-state index >= 15 is 0 Å². The summed E-state index contributed by atoms with van der Waals surface area (Å²) in [6, 6.07) is 10.9. The van der Waals surface area contributed by atoms with Crippen molar-refractivity contribution >= 4 is 22.6 Å². The average Bonchev–Trinajstić information content (AvgIpc) is 3.20. The second kappa shape index (κ2) is 5.89. The second-order valence-corrected chi connectivity index (χ2v) is 5.32. The average molecular weight is 346 g/mol. The van der Waals surface area contributed by atoms with Gasteiger partial charge in [-0.1, -0.05) is 21.6 Å². The third kappa shape index (κ3) is 2.79. The Morgan fingerprint density at radius 2 is 2.00 bits per heavy atom. The van der Waals surface area contributed by atoms with Crippen molar-refractivity contribution in [1.82, 2.24) is 25.3 Å². The fourth-order valence-corrected chi connectivity index (χ4v) is 2.28. The smallest absolute Gasteiger partial charge is 0.267 e. The Morgan fingerprint density at radius 3 is 2.83 bits per heavy atom. The lowest BCUT2D eigenvalue weighted by molar-refractivity contribution is 0.0583. The van der Waals surface area contributed by atoms with Crippen molar-refractivity contribution in [3.8, 4) is 11.4 Å². The molecule has 2 heterocycles. The number of nitrogens with zero attached hydrogens (tertiary/aromatic N) is 5. The fraction of sp³-hybridized carbons (Fsp3) is 0.0667. The van der Waals surface area contributed by atoms with Crippen LogP contribution in [0.15, 0.2) is 47.0 Å². The zero-order chi connectivity index (χ0) is 16.5. The van der Waals surface area contributed by atoms with Gasteiger partial charge in [0.1, 0.15) is 16.9 Å². The number of rotatable bonds is 4. The molecule has 0 saturated carbocycles. The van der Waals surface area contributed by atoms with Crippen LogP contribution in [0.25, 0.3) is 22.4 Å². The molecule has 2 aromatic carbocycles. The predicted octanol–water partition coefficient (Wildman–Crippen LogP) is 2.90. The molecule has 0 unspecified atom stereocenters. The Hall–Kier alpha value is -3.00. The van der Waals surface area contributed by atoms with Crippen LogP contribution in [-0.4, -0.2) is 25.3 Å². The number of fused-ring (bicyclic) bond motifs is 1. The molecule has 0 atom stereocenters. The molecule has 2 aromatic heterocycles. The first-order valence-corrected chi connectivity index (χ1v) is 7.29. The molecule has 0 radical (unpaired) electrons. The first-order chi connectivity index (χ1) is 11.7. The van der Waals surface area contributed by atoms with E-state index in [1.807, 2.05) is 0 Å². The molecule has 0 fully saturated rings. The van der Waals surface area contributed by atoms with Crippen LogP contribution < -0.4 is 4.84 Å². The topological polar surface area (TPSA) is 78.9 Å². The van der Waals surface area contributed by atoms with Crippen molar-refractivity contribution in [3.05, 3.63) is 59.2 Å². The van der Waals surface area contributed by atoms with Gasteiger partial charge in [0, 0.05) is 10.6 Å². The summed E-state index contributed by atoms with van der Waals surface area (Å²) in [5.41, 5.74) is 1.92. The summed E-state index contributed by atoms with van der Waals surface area (Å²) >= 11 is 5.96. The molecule has 0 aliphatic carbocycles. The van der Waals surface area contributed by atoms with E-state index < -0.39 is 0 Å². The Morgan fingerprint density at radius 1 is 1.17 bits per heavy atom. The summed E-state index contributed by atoms with van der Waals surface area (Å²) in [6.45, 7) is -0.000825. The molecule has 0 aliphatic rings. The Labute approximate surface area is 139 Å². The highest BCUT2D eigenvalue weighted by Gasteiger charge is 2.11. The molecule has 0 amide bonds. The van der Waals surface area contributed by atoms with Crippen LogP contribution in [0.4, 0.5) is 4.39 Å². The van der Waals surface area contributed by atoms with Crippen LogP contribution in [0, 0.1) is 5.82 Å². The van der Waals surface area contributed by atoms with Crippen molar-refractivity contribution in [2.75, 3.05) is 0 Å². The molecule has 4 aromatic rings. The van der Waals surface area contributed by atoms with E-state index in [0.717, 1.165) is 0 Å². The molecule has 4 rings (SSSR count). The van der Waals surface area contributed by atoms with E-state index in [1.54, 1.807) is 30.3 Å². The van der Waals surface area contributed by atoms with E-state index in [0.29, 0.717) is 27.4 Å². The number of hydrogen-bond donors (Lipinski definition) is 0. The molecular formula is C15H9ClFN5O2. The Bertz CT molecular complexity index is 999. The first-order valence-electron chi connectivity index (χ1n) is 6.92. The van der Waals surface area contributed by atoms with Gasteiger partial charge in [0.25, 0.3) is 5.89 Å². The minimum atomic E-state index is -0.331. The normalized spacial score (nSPS) is 11.1. The number of halogens is 2. The van der Waals surface area contributed by atoms with Gasteiger partial charge in [-0.25, -0.2) is 4.39 Å². The van der Waals surface area contributed by atoms with Crippen molar-refractivity contribution in [3.63, 3.8) is 0 Å². The summed E-state index contributed by atoms with van der Waals surface area (Å²) in [7, 11) is 0. The molecule has 0 N–H and O–H groups in total. The van der Waals surface area contributed by atoms with Gasteiger partial charge in [-0.15, -0.1) is 5.10 Å². The van der Waals surface area contributed by atoms with E-state index in [1.165, 1.54) is 17.0 Å². The van der Waals surface area contributed by atoms with Gasteiger partial charge < -0.3 is 9.36 Å². The molecule has 0 spiro atoms. The largest absolute Gasteiger partial charge is 0.385 e. The van der Waals surface area contributed by atoms with E-state index in [2.05, 4.69) is 20.5 Å². The van der Waals surface area contributed by atoms with Crippen molar-refractivity contribution in [2.45, 2.75) is 6.61 Å². The molecule has 7 nitrogen and oxygen atoms in total. The zero-order valence-corrected chi connectivity index (χ0v) is 12.8. The highest BCUT2D eigenvalue weighted by atomic mass is 35.5. The molecule has 24 heavy (non-hydrogen) atoms. The monoisotopic (exact) mass is 345 g/mol. The fourth-order valence-electron chi connectivity index (χ4n) is 2.11. The molecule has 0 bridgehead atoms. The SMILES string of the molecule is Fc1ccc(-c2noc(COn3nnc4ccc(Cl)cc43)n2)cc1. The third-order valence-corrected chi connectivity index (χ3v) is 3.49. The summed E-state index contributed by atoms with van der Waals surface area (Å²) < 4.78 is 18.0. The van der Waals surface area contributed by atoms with Gasteiger partial charge in [-0.3, -0.25) is 0 Å². The maximum absolute atomic E-state index is 12.9. The number of hydrogen-bond acceptors (Lipinski definition) is 6. The minimum Gasteiger partial charge on any atom is -0.385 e. The van der Waals surface area contributed by atoms with Crippen LogP contribution in [0.2, 0.25) is 5.02 Å². The minimum absolute atomic E-state index is 0.000825. The van der Waals surface area contributed by atoms with Gasteiger partial charge in [-0.05, 0) is 47.7 Å². The summed E-state index contributed by atoms with van der Waals surface area (Å²) in [4.78, 5) is 10.9. The molecule has 9 heteroatoms. The van der Waals surface area contributed by atoms with Crippen molar-refractivity contribution in [1.29, 1.82) is 0 Å². The van der Waals surface area contributed by atoms with E-state index in [9.17, 15) is 4.39 Å². The maximum atomic E-state index is 12.9. The van der Waals surface area contributed by atoms with Crippen molar-refractivity contribution < 1.29 is 13.8 Å². The van der Waals surface area contributed by atoms with Crippen molar-refractivity contribution in [2.24, 2.45) is 0 Å². The van der Waals surface area contributed by atoms with Gasteiger partial charge in [0.2, 0.25) is 5.82 Å². The summed E-state index contributed by atoms with van der Waals surface area (Å²) in [6.07, 6.45) is 0. The predicted molar refractivity (Wildman–Crippen MR) is 82.5 cm³/mol. The standard InChI is InChI=1S/C15H9ClFN5O2/c16-10-3-6-12-13(7-10)22(21-19-12)23-8-14-18-15(20-24-14)9-1-4-11(17)5-2-9/h1-7H,8H2. The van der Waals surface area contributed by atoms with Crippen LogP contribution in [0.3, 0.4) is 0 Å². The molecule has 0 saturated heterocycles. The highest BCUT2D eigenvalue weighted by Crippen LogP contribution is 2.18. The molecular weight excluding hydrogens is 337 g/mol. The molecule has 0 aliphatic heterocycles. The number of aromatic nitrogens is 5. The quantitative estimate of drug-likeness (QED) is 0.566. The summed E-state index contributed by atoms with van der Waals surface area (Å²) in [5.74, 6) is 0.266. The third-order valence-electron chi connectivity index (χ3n) is 3.26. The Balaban J connectivity index is 1.51. The lowest BCUT2D eigenvalue weighted by Gasteiger charge is -2.01. The van der Waals surface area contributed by atoms with Crippen LogP contribution >= 0.6 is 11.6 Å². The second-order valence-electron chi connectivity index (χ2n) is 4.89. The van der Waals surface area contributed by atoms with Crippen LogP contribution in [-0.2, 0) is 6.61 Å². The van der Waals surface area contributed by atoms with Gasteiger partial charge in [0.05, 0.1) is 0 Å². The van der Waals surface area contributed by atoms with E-state index in [4.69, 9.17) is 21.0 Å². The number of benzene rings is 2. The molecule has 120 valence electrons. The van der Waals surface area contributed by atoms with Crippen LogP contribution in [0.1, 0.15) is 5.89 Å². The highest BCUT2D eigenvalue weighted by molar-refractivity contribution is 6.31. The maximum Gasteiger partial charge on any atom is 0.267 e. The lowest BCUT2D eigenvalue weighted by Crippen LogP contribution is -2.13. The first kappa shape index (κ1) is 14.6. The van der Waals surface area contributed by atoms with Gasteiger partial charge in [-0.2, -0.15) is 4.98 Å². The zero-order valence-electron chi connectivity index (χ0n) is 12.1. The van der Waals surface area contributed by atoms with Crippen LogP contribution in [0.5, 0.6) is 0 Å². The van der Waals surface area contributed by atoms with E-state index in [-0.39, 0.29) is 18.3 Å². The van der Waals surface area contributed by atoms with Gasteiger partial charge in [0.15, 0.2) is 6.61 Å².